The molecule has 0 bridgehead atoms. The molecular formula is C11H9F3N2O2. The number of hydrogen-bond acceptors (Lipinski definition) is 2. The predicted molar refractivity (Wildman–Crippen MR) is 57.1 cm³/mol. The second kappa shape index (κ2) is 4.01. The second-order valence-corrected chi connectivity index (χ2v) is 3.83. The summed E-state index contributed by atoms with van der Waals surface area (Å²) >= 11 is 0. The van der Waals surface area contributed by atoms with Crippen molar-refractivity contribution >= 4 is 17.0 Å². The van der Waals surface area contributed by atoms with Gasteiger partial charge in [0.2, 0.25) is 0 Å². The van der Waals surface area contributed by atoms with E-state index in [0.717, 1.165) is 6.07 Å². The highest BCUT2D eigenvalue weighted by molar-refractivity contribution is 5.81. The smallest absolute Gasteiger partial charge is 0.418 e. The Morgan fingerprint density at radius 3 is 2.67 bits per heavy atom. The van der Waals surface area contributed by atoms with Gasteiger partial charge in [-0.25, -0.2) is 4.98 Å². The van der Waals surface area contributed by atoms with Crippen LogP contribution >= 0.6 is 0 Å². The van der Waals surface area contributed by atoms with Gasteiger partial charge in [-0.15, -0.1) is 0 Å². The summed E-state index contributed by atoms with van der Waals surface area (Å²) in [4.78, 5) is 14.4. The molecule has 1 aromatic heterocycles. The zero-order valence-corrected chi connectivity index (χ0v) is 9.32. The van der Waals surface area contributed by atoms with Gasteiger partial charge in [-0.2, -0.15) is 13.2 Å². The van der Waals surface area contributed by atoms with Gasteiger partial charge in [-0.05, 0) is 12.1 Å². The number of carboxylic acids is 1. The van der Waals surface area contributed by atoms with E-state index in [0.29, 0.717) is 0 Å². The van der Waals surface area contributed by atoms with Crippen molar-refractivity contribution in [2.45, 2.75) is 12.6 Å². The van der Waals surface area contributed by atoms with Crippen LogP contribution in [0, 0.1) is 0 Å². The molecule has 0 aliphatic carbocycles. The van der Waals surface area contributed by atoms with Gasteiger partial charge >= 0.3 is 12.1 Å². The average Bonchev–Trinajstić information content (AvgIpc) is 2.54. The van der Waals surface area contributed by atoms with Gasteiger partial charge in [-0.1, -0.05) is 6.07 Å². The van der Waals surface area contributed by atoms with Gasteiger partial charge in [0, 0.05) is 7.05 Å². The van der Waals surface area contributed by atoms with Crippen LogP contribution in [0.5, 0.6) is 0 Å². The lowest BCUT2D eigenvalue weighted by molar-refractivity contribution is -0.137. The second-order valence-electron chi connectivity index (χ2n) is 3.83. The van der Waals surface area contributed by atoms with Gasteiger partial charge in [0.15, 0.2) is 0 Å². The summed E-state index contributed by atoms with van der Waals surface area (Å²) in [6.07, 6.45) is -4.92. The number of nitrogens with zero attached hydrogens (tertiary/aromatic N) is 2. The van der Waals surface area contributed by atoms with E-state index in [4.69, 9.17) is 5.11 Å². The first kappa shape index (κ1) is 12.4. The molecule has 18 heavy (non-hydrogen) atoms. The van der Waals surface area contributed by atoms with Gasteiger partial charge in [-0.3, -0.25) is 4.79 Å². The van der Waals surface area contributed by atoms with Crippen LogP contribution in [0.25, 0.3) is 11.0 Å². The maximum atomic E-state index is 12.8. The van der Waals surface area contributed by atoms with Crippen molar-refractivity contribution in [1.29, 1.82) is 0 Å². The fourth-order valence-corrected chi connectivity index (χ4v) is 1.78. The lowest BCUT2D eigenvalue weighted by atomic mass is 10.2. The van der Waals surface area contributed by atoms with E-state index >= 15 is 0 Å². The molecule has 0 aliphatic heterocycles. The molecule has 2 rings (SSSR count). The van der Waals surface area contributed by atoms with E-state index in [-0.39, 0.29) is 16.9 Å². The minimum Gasteiger partial charge on any atom is -0.481 e. The molecule has 0 amide bonds. The Morgan fingerprint density at radius 1 is 1.44 bits per heavy atom. The molecule has 1 N–H and O–H groups in total. The molecule has 1 heterocycles. The number of aliphatic carboxylic acids is 1. The number of benzene rings is 1. The third-order valence-corrected chi connectivity index (χ3v) is 2.62. The minimum atomic E-state index is -4.51. The SMILES string of the molecule is Cn1c(CC(=O)O)nc2c(C(F)(F)F)cccc21. The zero-order chi connectivity index (χ0) is 13.5. The van der Waals surface area contributed by atoms with Crippen LogP contribution in [0.1, 0.15) is 11.4 Å². The van der Waals surface area contributed by atoms with Gasteiger partial charge < -0.3 is 9.67 Å². The summed E-state index contributed by atoms with van der Waals surface area (Å²) in [5.41, 5.74) is -0.808. The molecule has 0 saturated heterocycles. The number of fused-ring (bicyclic) bond motifs is 1. The standard InChI is InChI=1S/C11H9F3N2O2/c1-16-7-4-2-3-6(11(12,13)14)10(7)15-8(16)5-9(17)18/h2-4H,5H2,1H3,(H,17,18). The number of hydrogen-bond donors (Lipinski definition) is 1. The first-order valence-corrected chi connectivity index (χ1v) is 5.04. The van der Waals surface area contributed by atoms with Gasteiger partial charge in [0.25, 0.3) is 0 Å². The van der Waals surface area contributed by atoms with Crippen molar-refractivity contribution in [3.63, 3.8) is 0 Å². The molecule has 0 aliphatic rings. The lowest BCUT2D eigenvalue weighted by Crippen LogP contribution is -2.06. The number of aryl methyl sites for hydroxylation is 1. The highest BCUT2D eigenvalue weighted by Crippen LogP contribution is 2.34. The number of imidazole rings is 1. The van der Waals surface area contributed by atoms with Crippen LogP contribution in [0.4, 0.5) is 13.2 Å². The Hall–Kier alpha value is -2.05. The highest BCUT2D eigenvalue weighted by Gasteiger charge is 2.34. The fraction of sp³-hybridized carbons (Fsp3) is 0.273. The fourth-order valence-electron chi connectivity index (χ4n) is 1.78. The topological polar surface area (TPSA) is 55.1 Å². The zero-order valence-electron chi connectivity index (χ0n) is 9.32. The Balaban J connectivity index is 2.68. The third kappa shape index (κ3) is 2.03. The summed E-state index contributed by atoms with van der Waals surface area (Å²) in [5.74, 6) is -1.05. The van der Waals surface area contributed by atoms with Crippen LogP contribution in [0.2, 0.25) is 0 Å². The average molecular weight is 258 g/mol. The normalized spacial score (nSPS) is 12.0. The minimum absolute atomic E-state index is 0.0919. The summed E-state index contributed by atoms with van der Waals surface area (Å²) < 4.78 is 39.6. The van der Waals surface area contributed by atoms with Gasteiger partial charge in [0.05, 0.1) is 11.1 Å². The Kier molecular flexibility index (Phi) is 2.76. The number of alkyl halides is 3. The number of aromatic nitrogens is 2. The van der Waals surface area contributed by atoms with Crippen molar-refractivity contribution in [1.82, 2.24) is 9.55 Å². The van der Waals surface area contributed by atoms with Crippen LogP contribution in [-0.4, -0.2) is 20.6 Å². The van der Waals surface area contributed by atoms with Crippen molar-refractivity contribution < 1.29 is 23.1 Å². The summed E-state index contributed by atoms with van der Waals surface area (Å²) in [6.45, 7) is 0. The van der Waals surface area contributed by atoms with E-state index in [9.17, 15) is 18.0 Å². The number of halogens is 3. The van der Waals surface area contributed by atoms with Crippen LogP contribution in [-0.2, 0) is 24.4 Å². The molecule has 0 spiro atoms. The maximum Gasteiger partial charge on any atom is 0.418 e. The molecule has 0 radical (unpaired) electrons. The highest BCUT2D eigenvalue weighted by atomic mass is 19.4. The van der Waals surface area contributed by atoms with Crippen molar-refractivity contribution in [3.8, 4) is 0 Å². The molecule has 0 fully saturated rings. The van der Waals surface area contributed by atoms with E-state index < -0.39 is 24.1 Å². The molecule has 0 atom stereocenters. The van der Waals surface area contributed by atoms with Crippen LogP contribution < -0.4 is 0 Å². The Morgan fingerprint density at radius 2 is 2.11 bits per heavy atom. The van der Waals surface area contributed by atoms with Crippen molar-refractivity contribution in [2.75, 3.05) is 0 Å². The monoisotopic (exact) mass is 258 g/mol. The molecule has 0 saturated carbocycles. The molecule has 96 valence electrons. The van der Waals surface area contributed by atoms with Crippen molar-refractivity contribution in [2.24, 2.45) is 7.05 Å². The number of carbonyl (C=O) groups is 1. The first-order chi connectivity index (χ1) is 8.30. The molecule has 1 aromatic carbocycles. The molecule has 4 nitrogen and oxygen atoms in total. The lowest BCUT2D eigenvalue weighted by Gasteiger charge is -2.06. The van der Waals surface area contributed by atoms with Crippen LogP contribution in [0.3, 0.4) is 0 Å². The van der Waals surface area contributed by atoms with E-state index in [1.165, 1.54) is 23.7 Å². The largest absolute Gasteiger partial charge is 0.481 e. The molecule has 7 heteroatoms. The van der Waals surface area contributed by atoms with Crippen LogP contribution in [0.15, 0.2) is 18.2 Å². The summed E-state index contributed by atoms with van der Waals surface area (Å²) in [7, 11) is 1.49. The quantitative estimate of drug-likeness (QED) is 0.898. The maximum absolute atomic E-state index is 12.8. The third-order valence-electron chi connectivity index (χ3n) is 2.62. The summed E-state index contributed by atoms with van der Waals surface area (Å²) in [6, 6.07) is 3.68. The first-order valence-electron chi connectivity index (χ1n) is 5.04. The Bertz CT molecular complexity index is 617. The molecule has 2 aromatic rings. The molecule has 0 unspecified atom stereocenters. The van der Waals surface area contributed by atoms with Crippen molar-refractivity contribution in [3.05, 3.63) is 29.6 Å². The molecular weight excluding hydrogens is 249 g/mol. The summed E-state index contributed by atoms with van der Waals surface area (Å²) in [5, 5.41) is 8.67. The van der Waals surface area contributed by atoms with E-state index in [2.05, 4.69) is 4.98 Å². The van der Waals surface area contributed by atoms with E-state index in [1.807, 2.05) is 0 Å². The number of carboxylic acid groups (broad SMARTS) is 1. The van der Waals surface area contributed by atoms with E-state index in [1.54, 1.807) is 0 Å². The van der Waals surface area contributed by atoms with Gasteiger partial charge in [0.1, 0.15) is 17.8 Å². The Labute approximate surface area is 99.7 Å². The number of rotatable bonds is 2. The number of para-hydroxylation sites is 1. The predicted octanol–water partition coefficient (Wildman–Crippen LogP) is 2.22.